The number of benzene rings is 3. The van der Waals surface area contributed by atoms with E-state index in [1.165, 1.54) is 6.07 Å². The summed E-state index contributed by atoms with van der Waals surface area (Å²) in [5.41, 5.74) is 3.58. The van der Waals surface area contributed by atoms with Crippen molar-refractivity contribution in [2.24, 2.45) is 5.14 Å². The summed E-state index contributed by atoms with van der Waals surface area (Å²) < 4.78 is 23.8. The Morgan fingerprint density at radius 3 is 2.14 bits per heavy atom. The van der Waals surface area contributed by atoms with Crippen molar-refractivity contribution in [3.8, 4) is 0 Å². The van der Waals surface area contributed by atoms with E-state index in [-0.39, 0.29) is 22.4 Å². The van der Waals surface area contributed by atoms with Gasteiger partial charge < -0.3 is 5.32 Å². The third kappa shape index (κ3) is 5.10. The molecule has 0 radical (unpaired) electrons. The Bertz CT molecular complexity index is 1110. The molecule has 0 aliphatic heterocycles. The number of sulfonamides is 1. The molecule has 0 heterocycles. The van der Waals surface area contributed by atoms with Crippen LogP contribution in [-0.2, 0) is 16.4 Å². The van der Waals surface area contributed by atoms with Crippen molar-refractivity contribution in [1.82, 2.24) is 5.32 Å². The largest absolute Gasteiger partial charge is 0.345 e. The molecule has 0 fully saturated rings. The van der Waals surface area contributed by atoms with Gasteiger partial charge >= 0.3 is 0 Å². The van der Waals surface area contributed by atoms with E-state index in [4.69, 9.17) is 5.14 Å². The zero-order valence-corrected chi connectivity index (χ0v) is 17.2. The van der Waals surface area contributed by atoms with Crippen molar-refractivity contribution in [3.63, 3.8) is 0 Å². The van der Waals surface area contributed by atoms with Crippen LogP contribution in [0.25, 0.3) is 0 Å². The molecule has 3 N–H and O–H groups in total. The molecule has 1 unspecified atom stereocenters. The molecule has 29 heavy (non-hydrogen) atoms. The minimum absolute atomic E-state index is 0.0260. The van der Waals surface area contributed by atoms with E-state index < -0.39 is 10.0 Å². The second kappa shape index (κ2) is 8.59. The van der Waals surface area contributed by atoms with Crippen LogP contribution in [0.2, 0.25) is 0 Å². The number of aryl methyl sites for hydroxylation is 1. The van der Waals surface area contributed by atoms with Crippen LogP contribution in [0.1, 0.15) is 38.7 Å². The maximum absolute atomic E-state index is 13.0. The zero-order valence-electron chi connectivity index (χ0n) is 16.4. The Morgan fingerprint density at radius 1 is 0.966 bits per heavy atom. The van der Waals surface area contributed by atoms with Crippen LogP contribution in [0, 0.1) is 13.8 Å². The van der Waals surface area contributed by atoms with Gasteiger partial charge in [-0.2, -0.15) is 0 Å². The van der Waals surface area contributed by atoms with Gasteiger partial charge in [-0.05, 0) is 54.7 Å². The van der Waals surface area contributed by atoms with Gasteiger partial charge in [0.15, 0.2) is 0 Å². The van der Waals surface area contributed by atoms with E-state index >= 15 is 0 Å². The number of hydrogen-bond acceptors (Lipinski definition) is 3. The van der Waals surface area contributed by atoms with Gasteiger partial charge in [-0.1, -0.05) is 60.7 Å². The molecule has 150 valence electrons. The van der Waals surface area contributed by atoms with Crippen molar-refractivity contribution in [1.29, 1.82) is 0 Å². The van der Waals surface area contributed by atoms with E-state index in [1.54, 1.807) is 19.9 Å². The van der Waals surface area contributed by atoms with Crippen LogP contribution in [0.5, 0.6) is 0 Å². The van der Waals surface area contributed by atoms with Crippen LogP contribution in [0.4, 0.5) is 0 Å². The highest BCUT2D eigenvalue weighted by Crippen LogP contribution is 2.22. The third-order valence-corrected chi connectivity index (χ3v) is 6.02. The van der Waals surface area contributed by atoms with Crippen LogP contribution < -0.4 is 10.5 Å². The Kier molecular flexibility index (Phi) is 6.15. The van der Waals surface area contributed by atoms with E-state index in [0.29, 0.717) is 17.5 Å². The molecule has 3 aromatic carbocycles. The summed E-state index contributed by atoms with van der Waals surface area (Å²) in [6.45, 7) is 3.44. The van der Waals surface area contributed by atoms with Crippen LogP contribution in [-0.4, -0.2) is 14.3 Å². The fourth-order valence-electron chi connectivity index (χ4n) is 3.28. The highest BCUT2D eigenvalue weighted by molar-refractivity contribution is 7.89. The van der Waals surface area contributed by atoms with Crippen molar-refractivity contribution in [3.05, 3.63) is 101 Å². The van der Waals surface area contributed by atoms with E-state index in [0.717, 1.165) is 11.1 Å². The van der Waals surface area contributed by atoms with Gasteiger partial charge in [0.25, 0.3) is 5.91 Å². The zero-order chi connectivity index (χ0) is 21.0. The number of primary sulfonamides is 1. The SMILES string of the molecule is Cc1cc(C(=O)NC(Cc2ccccc2)c2ccccc2)cc(S(N)(=O)=O)c1C. The normalized spacial score (nSPS) is 12.4. The number of carbonyl (C=O) groups is 1. The summed E-state index contributed by atoms with van der Waals surface area (Å²) in [5.74, 6) is -0.345. The molecular weight excluding hydrogens is 384 g/mol. The molecule has 0 aromatic heterocycles. The first-order chi connectivity index (χ1) is 13.8. The Labute approximate surface area is 171 Å². The average Bonchev–Trinajstić information content (AvgIpc) is 2.70. The summed E-state index contributed by atoms with van der Waals surface area (Å²) in [4.78, 5) is 13.0. The molecule has 0 saturated heterocycles. The minimum Gasteiger partial charge on any atom is -0.345 e. The Balaban J connectivity index is 1.94. The number of nitrogens with one attached hydrogen (secondary N) is 1. The van der Waals surface area contributed by atoms with E-state index in [1.807, 2.05) is 60.7 Å². The highest BCUT2D eigenvalue weighted by Gasteiger charge is 2.20. The fourth-order valence-corrected chi connectivity index (χ4v) is 4.16. The Morgan fingerprint density at radius 2 is 1.55 bits per heavy atom. The average molecular weight is 409 g/mol. The van der Waals surface area contributed by atoms with Crippen molar-refractivity contribution in [2.75, 3.05) is 0 Å². The van der Waals surface area contributed by atoms with Gasteiger partial charge in [0.05, 0.1) is 10.9 Å². The molecule has 0 aliphatic rings. The number of hydrogen-bond donors (Lipinski definition) is 2. The molecule has 1 atom stereocenters. The van der Waals surface area contributed by atoms with Gasteiger partial charge in [-0.3, -0.25) is 4.79 Å². The molecule has 0 aliphatic carbocycles. The highest BCUT2D eigenvalue weighted by atomic mass is 32.2. The molecule has 1 amide bonds. The maximum Gasteiger partial charge on any atom is 0.251 e. The lowest BCUT2D eigenvalue weighted by atomic mass is 9.98. The van der Waals surface area contributed by atoms with Crippen molar-refractivity contribution in [2.45, 2.75) is 31.2 Å². The molecule has 0 spiro atoms. The lowest BCUT2D eigenvalue weighted by molar-refractivity contribution is 0.0936. The van der Waals surface area contributed by atoms with Gasteiger partial charge in [0.1, 0.15) is 0 Å². The Hall–Kier alpha value is -2.96. The van der Waals surface area contributed by atoms with E-state index in [2.05, 4.69) is 5.32 Å². The lowest BCUT2D eigenvalue weighted by Gasteiger charge is -2.20. The number of nitrogens with two attached hydrogens (primary N) is 1. The topological polar surface area (TPSA) is 89.3 Å². The molecule has 0 bridgehead atoms. The molecule has 0 saturated carbocycles. The molecule has 3 aromatic rings. The predicted molar refractivity (Wildman–Crippen MR) is 114 cm³/mol. The minimum atomic E-state index is -3.92. The van der Waals surface area contributed by atoms with Gasteiger partial charge in [0.2, 0.25) is 10.0 Å². The summed E-state index contributed by atoms with van der Waals surface area (Å²) in [7, 11) is -3.92. The second-order valence-corrected chi connectivity index (χ2v) is 8.62. The smallest absolute Gasteiger partial charge is 0.251 e. The summed E-state index contributed by atoms with van der Waals surface area (Å²) in [6, 6.07) is 22.4. The summed E-state index contributed by atoms with van der Waals surface area (Å²) in [5, 5.41) is 8.38. The summed E-state index contributed by atoms with van der Waals surface area (Å²) >= 11 is 0. The predicted octanol–water partition coefficient (Wildman–Crippen LogP) is 3.66. The fraction of sp³-hybridized carbons (Fsp3) is 0.174. The molecule has 3 rings (SSSR count). The van der Waals surface area contributed by atoms with Crippen LogP contribution in [0.3, 0.4) is 0 Å². The lowest BCUT2D eigenvalue weighted by Crippen LogP contribution is -2.30. The van der Waals surface area contributed by atoms with Crippen molar-refractivity contribution >= 4 is 15.9 Å². The number of rotatable bonds is 6. The monoisotopic (exact) mass is 408 g/mol. The standard InChI is InChI=1S/C23H24N2O3S/c1-16-13-20(15-22(17(16)2)29(24,27)28)23(26)25-21(19-11-7-4-8-12-19)14-18-9-5-3-6-10-18/h3-13,15,21H,14H2,1-2H3,(H,25,26)(H2,24,27,28). The molecule has 6 heteroatoms. The van der Waals surface area contributed by atoms with Crippen molar-refractivity contribution < 1.29 is 13.2 Å². The maximum atomic E-state index is 13.0. The van der Waals surface area contributed by atoms with Crippen LogP contribution in [0.15, 0.2) is 77.7 Å². The third-order valence-electron chi connectivity index (χ3n) is 4.98. The first-order valence-electron chi connectivity index (χ1n) is 9.29. The van der Waals surface area contributed by atoms with Gasteiger partial charge in [-0.25, -0.2) is 13.6 Å². The van der Waals surface area contributed by atoms with Gasteiger partial charge in [-0.15, -0.1) is 0 Å². The first-order valence-corrected chi connectivity index (χ1v) is 10.8. The summed E-state index contributed by atoms with van der Waals surface area (Å²) in [6.07, 6.45) is 0.615. The number of carbonyl (C=O) groups excluding carboxylic acids is 1. The molecular formula is C23H24N2O3S. The van der Waals surface area contributed by atoms with Crippen LogP contribution >= 0.6 is 0 Å². The second-order valence-electron chi connectivity index (χ2n) is 7.09. The quantitative estimate of drug-likeness (QED) is 0.652. The van der Waals surface area contributed by atoms with Gasteiger partial charge in [0, 0.05) is 5.56 Å². The number of amides is 1. The first kappa shape index (κ1) is 20.8. The molecule has 5 nitrogen and oxygen atoms in total. The van der Waals surface area contributed by atoms with E-state index in [9.17, 15) is 13.2 Å².